The van der Waals surface area contributed by atoms with Crippen LogP contribution in [0.15, 0.2) is 36.7 Å². The molecule has 0 amide bonds. The molecule has 2 heteroatoms. The molecule has 3 atom stereocenters. The second-order valence-corrected chi connectivity index (χ2v) is 6.51. The zero-order chi connectivity index (χ0) is 12.5. The van der Waals surface area contributed by atoms with Crippen molar-refractivity contribution in [2.24, 2.45) is 5.41 Å². The summed E-state index contributed by atoms with van der Waals surface area (Å²) in [7, 11) is 2.21. The fourth-order valence-corrected chi connectivity index (χ4v) is 4.42. The Kier molecular flexibility index (Phi) is 1.71. The predicted molar refractivity (Wildman–Crippen MR) is 74.3 cm³/mol. The second kappa shape index (κ2) is 2.93. The largest absolute Gasteiger partial charge is 0.358 e. The molecule has 1 aromatic rings. The number of benzene rings is 1. The van der Waals surface area contributed by atoms with Crippen molar-refractivity contribution in [1.29, 1.82) is 0 Å². The zero-order valence-corrected chi connectivity index (χ0v) is 11.4. The number of hydrogen-bond acceptors (Lipinski definition) is 2. The Morgan fingerprint density at radius 1 is 1.11 bits per heavy atom. The molecule has 2 nitrogen and oxygen atoms in total. The topological polar surface area (TPSA) is 6.48 Å². The summed E-state index contributed by atoms with van der Waals surface area (Å²) in [6, 6.07) is 8.95. The second-order valence-electron chi connectivity index (χ2n) is 6.51. The van der Waals surface area contributed by atoms with Gasteiger partial charge in [0.25, 0.3) is 0 Å². The summed E-state index contributed by atoms with van der Waals surface area (Å²) >= 11 is 0. The van der Waals surface area contributed by atoms with Crippen molar-refractivity contribution in [2.45, 2.75) is 38.3 Å². The van der Waals surface area contributed by atoms with Gasteiger partial charge in [0.1, 0.15) is 6.17 Å². The summed E-state index contributed by atoms with van der Waals surface area (Å²) in [4.78, 5) is 4.85. The normalized spacial score (nSPS) is 40.1. The summed E-state index contributed by atoms with van der Waals surface area (Å²) < 4.78 is 0. The van der Waals surface area contributed by atoms with Crippen molar-refractivity contribution < 1.29 is 0 Å². The lowest BCUT2D eigenvalue weighted by atomic mass is 9.45. The average Bonchev–Trinajstić information content (AvgIpc) is 2.77. The molecule has 1 aromatic carbocycles. The number of rotatable bonds is 0. The number of hydrogen-bond donors (Lipinski definition) is 0. The van der Waals surface area contributed by atoms with Gasteiger partial charge in [0.05, 0.1) is 0 Å². The van der Waals surface area contributed by atoms with Crippen LogP contribution in [0.25, 0.3) is 0 Å². The Labute approximate surface area is 109 Å². The van der Waals surface area contributed by atoms with E-state index in [2.05, 4.69) is 67.4 Å². The highest BCUT2D eigenvalue weighted by Crippen LogP contribution is 2.66. The predicted octanol–water partition coefficient (Wildman–Crippen LogP) is 3.31. The molecule has 1 fully saturated rings. The summed E-state index contributed by atoms with van der Waals surface area (Å²) in [6.07, 6.45) is 7.60. The molecule has 18 heavy (non-hydrogen) atoms. The van der Waals surface area contributed by atoms with Crippen molar-refractivity contribution in [3.8, 4) is 0 Å². The Bertz CT molecular complexity index is 550. The van der Waals surface area contributed by atoms with Gasteiger partial charge in [0.15, 0.2) is 0 Å². The van der Waals surface area contributed by atoms with E-state index in [-0.39, 0.29) is 0 Å². The fraction of sp³-hybridized carbons (Fsp3) is 0.500. The van der Waals surface area contributed by atoms with Gasteiger partial charge < -0.3 is 9.80 Å². The molecule has 0 saturated heterocycles. The molecule has 2 heterocycles. The van der Waals surface area contributed by atoms with Crippen LogP contribution in [0.5, 0.6) is 0 Å². The lowest BCUT2D eigenvalue weighted by Crippen LogP contribution is -2.67. The molecular weight excluding hydrogens is 220 g/mol. The van der Waals surface area contributed by atoms with E-state index >= 15 is 0 Å². The zero-order valence-electron chi connectivity index (χ0n) is 11.4. The monoisotopic (exact) mass is 240 g/mol. The molecule has 0 spiro atoms. The Morgan fingerprint density at radius 2 is 1.89 bits per heavy atom. The van der Waals surface area contributed by atoms with Gasteiger partial charge in [-0.2, -0.15) is 0 Å². The number of nitrogens with zero attached hydrogens (tertiary/aromatic N) is 2. The maximum Gasteiger partial charge on any atom is 0.111 e. The molecule has 3 aliphatic rings. The minimum absolute atomic E-state index is 0.338. The maximum absolute atomic E-state index is 2.47. The average molecular weight is 240 g/mol. The molecule has 0 N–H and O–H groups in total. The molecule has 0 bridgehead atoms. The first-order chi connectivity index (χ1) is 8.58. The van der Waals surface area contributed by atoms with Crippen LogP contribution in [-0.2, 0) is 5.41 Å². The van der Waals surface area contributed by atoms with Crippen LogP contribution >= 0.6 is 0 Å². The van der Waals surface area contributed by atoms with Crippen molar-refractivity contribution in [2.75, 3.05) is 11.9 Å². The van der Waals surface area contributed by atoms with Gasteiger partial charge in [-0.15, -0.1) is 0 Å². The minimum Gasteiger partial charge on any atom is -0.358 e. The first kappa shape index (κ1) is 10.5. The van der Waals surface area contributed by atoms with Gasteiger partial charge in [-0.3, -0.25) is 0 Å². The molecule has 3 unspecified atom stereocenters. The standard InChI is InChI=1S/C16H20N2/c1-15-8-9-16(15,2)14-17(3)10-11-18(14)13-7-5-4-6-12(13)15/h4-7,10-11,14H,8-9H2,1-3H3. The highest BCUT2D eigenvalue weighted by Gasteiger charge is 2.64. The van der Waals surface area contributed by atoms with Gasteiger partial charge in [0, 0.05) is 36.0 Å². The first-order valence-corrected chi connectivity index (χ1v) is 6.86. The summed E-state index contributed by atoms with van der Waals surface area (Å²) in [5.74, 6) is 0. The SMILES string of the molecule is CN1C=CN2c3ccccc3C3(C)CCC3(C)C12. The van der Waals surface area contributed by atoms with Crippen LogP contribution in [0, 0.1) is 5.41 Å². The van der Waals surface area contributed by atoms with E-state index in [4.69, 9.17) is 0 Å². The number of anilines is 1. The molecular formula is C16H20N2. The lowest BCUT2D eigenvalue weighted by Gasteiger charge is -2.65. The molecule has 0 radical (unpaired) electrons. The lowest BCUT2D eigenvalue weighted by molar-refractivity contribution is -0.0461. The summed E-state index contributed by atoms with van der Waals surface area (Å²) in [5.41, 5.74) is 3.64. The third-order valence-corrected chi connectivity index (χ3v) is 5.86. The van der Waals surface area contributed by atoms with Crippen LogP contribution in [0.4, 0.5) is 5.69 Å². The van der Waals surface area contributed by atoms with E-state index in [1.807, 2.05) is 0 Å². The van der Waals surface area contributed by atoms with Crippen molar-refractivity contribution in [3.05, 3.63) is 42.2 Å². The van der Waals surface area contributed by atoms with E-state index < -0.39 is 0 Å². The molecule has 4 rings (SSSR count). The van der Waals surface area contributed by atoms with Crippen LogP contribution in [-0.4, -0.2) is 18.1 Å². The number of para-hydroxylation sites is 1. The number of fused-ring (bicyclic) bond motifs is 6. The molecule has 2 aliphatic heterocycles. The van der Waals surface area contributed by atoms with Crippen LogP contribution < -0.4 is 4.90 Å². The van der Waals surface area contributed by atoms with E-state index in [1.54, 1.807) is 0 Å². The molecule has 1 saturated carbocycles. The van der Waals surface area contributed by atoms with Gasteiger partial charge in [-0.25, -0.2) is 0 Å². The fourth-order valence-electron chi connectivity index (χ4n) is 4.42. The third kappa shape index (κ3) is 0.899. The highest BCUT2D eigenvalue weighted by atomic mass is 15.4. The van der Waals surface area contributed by atoms with Crippen LogP contribution in [0.2, 0.25) is 0 Å². The first-order valence-electron chi connectivity index (χ1n) is 6.86. The van der Waals surface area contributed by atoms with E-state index in [9.17, 15) is 0 Å². The molecule has 94 valence electrons. The maximum atomic E-state index is 2.47. The van der Waals surface area contributed by atoms with Crippen LogP contribution in [0.3, 0.4) is 0 Å². The quantitative estimate of drug-likeness (QED) is 0.686. The summed E-state index contributed by atoms with van der Waals surface area (Å²) in [6.45, 7) is 4.92. The smallest absolute Gasteiger partial charge is 0.111 e. The van der Waals surface area contributed by atoms with Gasteiger partial charge >= 0.3 is 0 Å². The Balaban J connectivity index is 1.99. The van der Waals surface area contributed by atoms with Gasteiger partial charge in [-0.1, -0.05) is 32.0 Å². The summed E-state index contributed by atoms with van der Waals surface area (Å²) in [5, 5.41) is 0. The van der Waals surface area contributed by atoms with Gasteiger partial charge in [0.2, 0.25) is 0 Å². The van der Waals surface area contributed by atoms with E-state index in [0.717, 1.165) is 0 Å². The molecule has 1 aliphatic carbocycles. The van der Waals surface area contributed by atoms with Crippen molar-refractivity contribution >= 4 is 5.69 Å². The highest BCUT2D eigenvalue weighted by molar-refractivity contribution is 5.65. The minimum atomic E-state index is 0.338. The Hall–Kier alpha value is -1.44. The van der Waals surface area contributed by atoms with E-state index in [0.29, 0.717) is 17.0 Å². The van der Waals surface area contributed by atoms with Gasteiger partial charge in [-0.05, 0) is 24.5 Å². The third-order valence-electron chi connectivity index (χ3n) is 5.86. The molecule has 0 aromatic heterocycles. The van der Waals surface area contributed by atoms with Crippen molar-refractivity contribution in [3.63, 3.8) is 0 Å². The van der Waals surface area contributed by atoms with E-state index in [1.165, 1.54) is 24.1 Å². The van der Waals surface area contributed by atoms with Crippen molar-refractivity contribution in [1.82, 2.24) is 4.90 Å². The van der Waals surface area contributed by atoms with Crippen LogP contribution in [0.1, 0.15) is 32.3 Å². The Morgan fingerprint density at radius 3 is 2.61 bits per heavy atom.